The molecular formula is C13H8N4OS. The Morgan fingerprint density at radius 3 is 3.11 bits per heavy atom. The molecule has 19 heavy (non-hydrogen) atoms. The van der Waals surface area contributed by atoms with E-state index in [9.17, 15) is 4.79 Å². The second-order valence-corrected chi connectivity index (χ2v) is 4.65. The molecule has 0 aliphatic carbocycles. The SMILES string of the molecule is N#Cc1ccccc1NC(=O)c1csc2nccn12. The van der Waals surface area contributed by atoms with Crippen molar-refractivity contribution >= 4 is 27.9 Å². The molecule has 2 aromatic heterocycles. The minimum Gasteiger partial charge on any atom is -0.319 e. The van der Waals surface area contributed by atoms with Crippen LogP contribution < -0.4 is 5.32 Å². The van der Waals surface area contributed by atoms with Crippen molar-refractivity contribution in [2.45, 2.75) is 0 Å². The summed E-state index contributed by atoms with van der Waals surface area (Å²) in [7, 11) is 0. The van der Waals surface area contributed by atoms with Crippen LogP contribution in [0, 0.1) is 11.3 Å². The maximum Gasteiger partial charge on any atom is 0.273 e. The zero-order valence-corrected chi connectivity index (χ0v) is 10.5. The number of para-hydroxylation sites is 1. The molecule has 0 atom stereocenters. The summed E-state index contributed by atoms with van der Waals surface area (Å²) < 4.78 is 1.72. The second kappa shape index (κ2) is 4.55. The first kappa shape index (κ1) is 11.4. The summed E-state index contributed by atoms with van der Waals surface area (Å²) in [6, 6.07) is 8.94. The molecule has 3 rings (SSSR count). The van der Waals surface area contributed by atoms with E-state index in [0.29, 0.717) is 16.9 Å². The Morgan fingerprint density at radius 2 is 2.26 bits per heavy atom. The summed E-state index contributed by atoms with van der Waals surface area (Å²) in [5, 5.41) is 13.5. The fraction of sp³-hybridized carbons (Fsp3) is 0. The number of nitrogens with one attached hydrogen (secondary N) is 1. The third kappa shape index (κ3) is 1.96. The Kier molecular flexibility index (Phi) is 2.74. The average Bonchev–Trinajstić information content (AvgIpc) is 3.01. The van der Waals surface area contributed by atoms with Gasteiger partial charge in [0, 0.05) is 17.8 Å². The Hall–Kier alpha value is -2.65. The van der Waals surface area contributed by atoms with Crippen LogP contribution in [0.3, 0.4) is 0 Å². The fourth-order valence-electron chi connectivity index (χ4n) is 1.76. The highest BCUT2D eigenvalue weighted by atomic mass is 32.1. The van der Waals surface area contributed by atoms with Gasteiger partial charge in [-0.25, -0.2) is 4.98 Å². The third-order valence-corrected chi connectivity index (χ3v) is 3.52. The summed E-state index contributed by atoms with van der Waals surface area (Å²) in [5.74, 6) is -0.257. The topological polar surface area (TPSA) is 70.2 Å². The standard InChI is InChI=1S/C13H8N4OS/c14-7-9-3-1-2-4-10(9)16-12(18)11-8-19-13-15-5-6-17(11)13/h1-6,8H,(H,16,18). The lowest BCUT2D eigenvalue weighted by molar-refractivity contribution is 0.102. The highest BCUT2D eigenvalue weighted by Crippen LogP contribution is 2.18. The van der Waals surface area contributed by atoms with Crippen LogP contribution in [0.5, 0.6) is 0 Å². The van der Waals surface area contributed by atoms with Crippen molar-refractivity contribution in [2.75, 3.05) is 5.32 Å². The van der Waals surface area contributed by atoms with Crippen molar-refractivity contribution in [3.8, 4) is 6.07 Å². The van der Waals surface area contributed by atoms with Crippen LogP contribution in [0.4, 0.5) is 5.69 Å². The van der Waals surface area contributed by atoms with E-state index in [1.54, 1.807) is 46.4 Å². The van der Waals surface area contributed by atoms with Crippen LogP contribution >= 0.6 is 11.3 Å². The third-order valence-electron chi connectivity index (χ3n) is 2.67. The number of aromatic nitrogens is 2. The van der Waals surface area contributed by atoms with Crippen molar-refractivity contribution < 1.29 is 4.79 Å². The predicted molar refractivity (Wildman–Crippen MR) is 72.2 cm³/mol. The van der Waals surface area contributed by atoms with E-state index in [2.05, 4.69) is 10.3 Å². The number of carbonyl (C=O) groups is 1. The number of fused-ring (bicyclic) bond motifs is 1. The van der Waals surface area contributed by atoms with Crippen LogP contribution in [0.1, 0.15) is 16.1 Å². The van der Waals surface area contributed by atoms with E-state index in [4.69, 9.17) is 5.26 Å². The number of nitriles is 1. The van der Waals surface area contributed by atoms with Crippen molar-refractivity contribution in [1.29, 1.82) is 5.26 Å². The highest BCUT2D eigenvalue weighted by Gasteiger charge is 2.13. The summed E-state index contributed by atoms with van der Waals surface area (Å²) in [4.78, 5) is 17.1. The summed E-state index contributed by atoms with van der Waals surface area (Å²) in [6.07, 6.45) is 3.38. The van der Waals surface area contributed by atoms with E-state index in [1.807, 2.05) is 6.07 Å². The molecule has 2 heterocycles. The number of thiazole rings is 1. The number of amides is 1. The average molecular weight is 268 g/mol. The molecule has 0 spiro atoms. The van der Waals surface area contributed by atoms with E-state index in [1.165, 1.54) is 11.3 Å². The largest absolute Gasteiger partial charge is 0.319 e. The molecule has 6 heteroatoms. The van der Waals surface area contributed by atoms with Crippen LogP contribution in [-0.4, -0.2) is 15.3 Å². The highest BCUT2D eigenvalue weighted by molar-refractivity contribution is 7.15. The van der Waals surface area contributed by atoms with Crippen molar-refractivity contribution in [2.24, 2.45) is 0 Å². The maximum absolute atomic E-state index is 12.2. The Labute approximate surface area is 112 Å². The number of rotatable bonds is 2. The van der Waals surface area contributed by atoms with Gasteiger partial charge in [0.1, 0.15) is 11.8 Å². The van der Waals surface area contributed by atoms with Gasteiger partial charge >= 0.3 is 0 Å². The molecule has 0 fully saturated rings. The number of anilines is 1. The van der Waals surface area contributed by atoms with Gasteiger partial charge in [-0.15, -0.1) is 11.3 Å². The summed E-state index contributed by atoms with van der Waals surface area (Å²) in [5.41, 5.74) is 1.45. The molecular weight excluding hydrogens is 260 g/mol. The van der Waals surface area contributed by atoms with Gasteiger partial charge in [-0.05, 0) is 12.1 Å². The molecule has 1 N–H and O–H groups in total. The normalized spacial score (nSPS) is 10.3. The van der Waals surface area contributed by atoms with E-state index < -0.39 is 0 Å². The maximum atomic E-state index is 12.2. The van der Waals surface area contributed by atoms with Crippen molar-refractivity contribution in [3.05, 3.63) is 53.3 Å². The molecule has 0 bridgehead atoms. The Balaban J connectivity index is 1.94. The van der Waals surface area contributed by atoms with Gasteiger partial charge in [-0.3, -0.25) is 9.20 Å². The first-order valence-electron chi connectivity index (χ1n) is 5.50. The minimum absolute atomic E-state index is 0.257. The van der Waals surface area contributed by atoms with Crippen molar-refractivity contribution in [3.63, 3.8) is 0 Å². The van der Waals surface area contributed by atoms with E-state index in [-0.39, 0.29) is 5.91 Å². The molecule has 0 unspecified atom stereocenters. The Bertz CT molecular complexity index is 796. The monoisotopic (exact) mass is 268 g/mol. The van der Waals surface area contributed by atoms with E-state index >= 15 is 0 Å². The predicted octanol–water partition coefficient (Wildman–Crippen LogP) is 2.52. The van der Waals surface area contributed by atoms with Gasteiger partial charge in [-0.2, -0.15) is 5.26 Å². The Morgan fingerprint density at radius 1 is 1.42 bits per heavy atom. The molecule has 0 aliphatic rings. The number of carbonyl (C=O) groups excluding carboxylic acids is 1. The van der Waals surface area contributed by atoms with Gasteiger partial charge in [0.2, 0.25) is 0 Å². The minimum atomic E-state index is -0.257. The lowest BCUT2D eigenvalue weighted by atomic mass is 10.2. The second-order valence-electron chi connectivity index (χ2n) is 3.81. The zero-order valence-electron chi connectivity index (χ0n) is 9.70. The van der Waals surface area contributed by atoms with Crippen LogP contribution in [0.2, 0.25) is 0 Å². The van der Waals surface area contributed by atoms with Gasteiger partial charge in [0.05, 0.1) is 11.3 Å². The molecule has 92 valence electrons. The van der Waals surface area contributed by atoms with Crippen LogP contribution in [0.15, 0.2) is 42.0 Å². The molecule has 0 aliphatic heterocycles. The number of hydrogen-bond acceptors (Lipinski definition) is 4. The first-order chi connectivity index (χ1) is 9.29. The van der Waals surface area contributed by atoms with Gasteiger partial charge in [0.15, 0.2) is 4.96 Å². The smallest absolute Gasteiger partial charge is 0.273 e. The molecule has 0 saturated carbocycles. The van der Waals surface area contributed by atoms with Crippen LogP contribution in [-0.2, 0) is 0 Å². The molecule has 0 saturated heterocycles. The lowest BCUT2D eigenvalue weighted by Crippen LogP contribution is -2.14. The van der Waals surface area contributed by atoms with Crippen LogP contribution in [0.25, 0.3) is 4.96 Å². The molecule has 5 nitrogen and oxygen atoms in total. The number of nitrogens with zero attached hydrogens (tertiary/aromatic N) is 3. The lowest BCUT2D eigenvalue weighted by Gasteiger charge is -2.05. The fourth-order valence-corrected chi connectivity index (χ4v) is 2.60. The zero-order chi connectivity index (χ0) is 13.2. The molecule has 1 aromatic carbocycles. The summed E-state index contributed by atoms with van der Waals surface area (Å²) >= 11 is 1.40. The molecule has 1 amide bonds. The van der Waals surface area contributed by atoms with Gasteiger partial charge in [-0.1, -0.05) is 12.1 Å². The number of imidazole rings is 1. The number of benzene rings is 1. The summed E-state index contributed by atoms with van der Waals surface area (Å²) in [6.45, 7) is 0. The van der Waals surface area contributed by atoms with Crippen molar-refractivity contribution in [1.82, 2.24) is 9.38 Å². The van der Waals surface area contributed by atoms with Gasteiger partial charge in [0.25, 0.3) is 5.91 Å². The quantitative estimate of drug-likeness (QED) is 0.776. The molecule has 3 aromatic rings. The first-order valence-corrected chi connectivity index (χ1v) is 6.38. The van der Waals surface area contributed by atoms with Gasteiger partial charge < -0.3 is 5.32 Å². The number of hydrogen-bond donors (Lipinski definition) is 1. The van der Waals surface area contributed by atoms with E-state index in [0.717, 1.165) is 4.96 Å². The molecule has 0 radical (unpaired) electrons.